The molecule has 0 aliphatic rings. The van der Waals surface area contributed by atoms with Gasteiger partial charge in [-0.1, -0.05) is 0 Å². The van der Waals surface area contributed by atoms with Crippen molar-refractivity contribution in [3.05, 3.63) is 46.8 Å². The van der Waals surface area contributed by atoms with E-state index in [4.69, 9.17) is 9.15 Å². The summed E-state index contributed by atoms with van der Waals surface area (Å²) in [5.41, 5.74) is 0.982. The highest BCUT2D eigenvalue weighted by atomic mass is 79.9. The van der Waals surface area contributed by atoms with E-state index in [9.17, 15) is 0 Å². The maximum absolute atomic E-state index is 5.24. The summed E-state index contributed by atoms with van der Waals surface area (Å²) in [5.74, 6) is 1.72. The normalized spacial score (nSPS) is 10.1. The third kappa shape index (κ3) is 2.58. The van der Waals surface area contributed by atoms with Gasteiger partial charge in [0.1, 0.15) is 11.5 Å². The quantitative estimate of drug-likeness (QED) is 0.929. The molecule has 0 fully saturated rings. The van der Waals surface area contributed by atoms with Gasteiger partial charge in [0, 0.05) is 10.5 Å². The number of hydrogen-bond donors (Lipinski definition) is 1. The highest BCUT2D eigenvalue weighted by Crippen LogP contribution is 2.27. The zero-order valence-corrected chi connectivity index (χ0v) is 10.5. The van der Waals surface area contributed by atoms with Gasteiger partial charge in [-0.2, -0.15) is 0 Å². The van der Waals surface area contributed by atoms with E-state index in [1.54, 1.807) is 13.4 Å². The van der Waals surface area contributed by atoms with Crippen LogP contribution in [0.25, 0.3) is 0 Å². The van der Waals surface area contributed by atoms with Crippen LogP contribution < -0.4 is 10.1 Å². The minimum absolute atomic E-state index is 0.652. The minimum atomic E-state index is 0.652. The predicted molar refractivity (Wildman–Crippen MR) is 66.7 cm³/mol. The van der Waals surface area contributed by atoms with Crippen molar-refractivity contribution in [3.8, 4) is 5.75 Å². The molecule has 0 aliphatic heterocycles. The first-order chi connectivity index (χ1) is 7.79. The zero-order chi connectivity index (χ0) is 11.4. The van der Waals surface area contributed by atoms with E-state index in [0.717, 1.165) is 21.7 Å². The monoisotopic (exact) mass is 281 g/mol. The molecule has 84 valence electrons. The van der Waals surface area contributed by atoms with Gasteiger partial charge < -0.3 is 14.5 Å². The zero-order valence-electron chi connectivity index (χ0n) is 8.87. The van der Waals surface area contributed by atoms with E-state index in [1.165, 1.54) is 0 Å². The molecule has 1 heterocycles. The number of benzene rings is 1. The molecule has 2 rings (SSSR count). The molecule has 0 atom stereocenters. The van der Waals surface area contributed by atoms with Gasteiger partial charge in [0.25, 0.3) is 0 Å². The molecule has 0 aliphatic carbocycles. The molecule has 16 heavy (non-hydrogen) atoms. The van der Waals surface area contributed by atoms with Crippen molar-refractivity contribution in [1.29, 1.82) is 0 Å². The summed E-state index contributed by atoms with van der Waals surface area (Å²) >= 11 is 3.48. The van der Waals surface area contributed by atoms with E-state index in [-0.39, 0.29) is 0 Å². The fourth-order valence-corrected chi connectivity index (χ4v) is 1.75. The Bertz CT molecular complexity index is 454. The van der Waals surface area contributed by atoms with Crippen molar-refractivity contribution in [2.75, 3.05) is 12.4 Å². The number of hydrogen-bond acceptors (Lipinski definition) is 3. The summed E-state index contributed by atoms with van der Waals surface area (Å²) in [4.78, 5) is 0. The predicted octanol–water partition coefficient (Wildman–Crippen LogP) is 3.66. The Kier molecular flexibility index (Phi) is 3.51. The van der Waals surface area contributed by atoms with Gasteiger partial charge in [0.2, 0.25) is 0 Å². The SMILES string of the molecule is COc1ccc(Br)c(NCc2ccco2)c1. The topological polar surface area (TPSA) is 34.4 Å². The van der Waals surface area contributed by atoms with E-state index in [1.807, 2.05) is 30.3 Å². The van der Waals surface area contributed by atoms with Crippen LogP contribution in [0.5, 0.6) is 5.75 Å². The highest BCUT2D eigenvalue weighted by Gasteiger charge is 2.02. The molecule has 0 spiro atoms. The molecule has 0 unspecified atom stereocenters. The summed E-state index contributed by atoms with van der Waals surface area (Å²) < 4.78 is 11.4. The molecule has 0 saturated carbocycles. The molecule has 4 heteroatoms. The maximum atomic E-state index is 5.24. The van der Waals surface area contributed by atoms with Crippen LogP contribution in [0, 0.1) is 0 Å². The Morgan fingerprint density at radius 2 is 2.25 bits per heavy atom. The molecule has 0 saturated heterocycles. The van der Waals surface area contributed by atoms with Gasteiger partial charge in [-0.3, -0.25) is 0 Å². The number of anilines is 1. The lowest BCUT2D eigenvalue weighted by atomic mass is 10.3. The first-order valence-electron chi connectivity index (χ1n) is 4.89. The third-order valence-corrected chi connectivity index (χ3v) is 2.90. The van der Waals surface area contributed by atoms with Crippen LogP contribution >= 0.6 is 15.9 Å². The molecule has 0 amide bonds. The lowest BCUT2D eigenvalue weighted by molar-refractivity contribution is 0.415. The first-order valence-corrected chi connectivity index (χ1v) is 5.68. The molecule has 1 N–H and O–H groups in total. The number of halogens is 1. The summed E-state index contributed by atoms with van der Waals surface area (Å²) in [7, 11) is 1.65. The van der Waals surface area contributed by atoms with E-state index < -0.39 is 0 Å². The Hall–Kier alpha value is -1.42. The van der Waals surface area contributed by atoms with Crippen molar-refractivity contribution in [1.82, 2.24) is 0 Å². The van der Waals surface area contributed by atoms with Gasteiger partial charge in [0.05, 0.1) is 25.6 Å². The van der Waals surface area contributed by atoms with Gasteiger partial charge in [-0.25, -0.2) is 0 Å². The largest absolute Gasteiger partial charge is 0.497 e. The molecule has 3 nitrogen and oxygen atoms in total. The number of methoxy groups -OCH3 is 1. The van der Waals surface area contributed by atoms with Crippen LogP contribution in [0.4, 0.5) is 5.69 Å². The maximum Gasteiger partial charge on any atom is 0.122 e. The van der Waals surface area contributed by atoms with Crippen molar-refractivity contribution < 1.29 is 9.15 Å². The Labute approximate surface area is 103 Å². The van der Waals surface area contributed by atoms with Gasteiger partial charge in [0.15, 0.2) is 0 Å². The van der Waals surface area contributed by atoms with Crippen molar-refractivity contribution in [2.24, 2.45) is 0 Å². The standard InChI is InChI=1S/C12H12BrNO2/c1-15-9-4-5-11(13)12(7-9)14-8-10-3-2-6-16-10/h2-7,14H,8H2,1H3. The smallest absolute Gasteiger partial charge is 0.122 e. The number of rotatable bonds is 4. The van der Waals surface area contributed by atoms with Crippen LogP contribution in [-0.4, -0.2) is 7.11 Å². The second-order valence-electron chi connectivity index (χ2n) is 3.28. The molecule has 1 aromatic carbocycles. The molecule has 0 bridgehead atoms. The molecule has 1 aromatic heterocycles. The average Bonchev–Trinajstić information content (AvgIpc) is 2.81. The molecule has 0 radical (unpaired) electrons. The number of ether oxygens (including phenoxy) is 1. The summed E-state index contributed by atoms with van der Waals surface area (Å²) in [5, 5.41) is 3.27. The average molecular weight is 282 g/mol. The van der Waals surface area contributed by atoms with E-state index >= 15 is 0 Å². The third-order valence-electron chi connectivity index (χ3n) is 2.21. The van der Waals surface area contributed by atoms with Crippen LogP contribution in [0.3, 0.4) is 0 Å². The van der Waals surface area contributed by atoms with Gasteiger partial charge in [-0.05, 0) is 40.2 Å². The molecule has 2 aromatic rings. The lowest BCUT2D eigenvalue weighted by Gasteiger charge is -2.08. The highest BCUT2D eigenvalue weighted by molar-refractivity contribution is 9.10. The summed E-state index contributed by atoms with van der Waals surface area (Å²) in [6, 6.07) is 9.59. The Morgan fingerprint density at radius 1 is 1.38 bits per heavy atom. The van der Waals surface area contributed by atoms with Gasteiger partial charge >= 0.3 is 0 Å². The Morgan fingerprint density at radius 3 is 2.94 bits per heavy atom. The van der Waals surface area contributed by atoms with Crippen LogP contribution in [0.15, 0.2) is 45.5 Å². The summed E-state index contributed by atoms with van der Waals surface area (Å²) in [6.45, 7) is 0.652. The van der Waals surface area contributed by atoms with E-state index in [2.05, 4.69) is 21.2 Å². The Balaban J connectivity index is 2.08. The minimum Gasteiger partial charge on any atom is -0.497 e. The van der Waals surface area contributed by atoms with Crippen LogP contribution in [0.1, 0.15) is 5.76 Å². The van der Waals surface area contributed by atoms with Crippen molar-refractivity contribution >= 4 is 21.6 Å². The molecular weight excluding hydrogens is 270 g/mol. The summed E-state index contributed by atoms with van der Waals surface area (Å²) in [6.07, 6.45) is 1.66. The fourth-order valence-electron chi connectivity index (χ4n) is 1.36. The lowest BCUT2D eigenvalue weighted by Crippen LogP contribution is -1.99. The second kappa shape index (κ2) is 5.07. The first kappa shape index (κ1) is 11.1. The number of furan rings is 1. The van der Waals surface area contributed by atoms with Crippen molar-refractivity contribution in [3.63, 3.8) is 0 Å². The van der Waals surface area contributed by atoms with Crippen LogP contribution in [0.2, 0.25) is 0 Å². The number of nitrogens with one attached hydrogen (secondary N) is 1. The van der Waals surface area contributed by atoms with Gasteiger partial charge in [-0.15, -0.1) is 0 Å². The van der Waals surface area contributed by atoms with Crippen molar-refractivity contribution in [2.45, 2.75) is 6.54 Å². The van der Waals surface area contributed by atoms with Crippen LogP contribution in [-0.2, 0) is 6.54 Å². The molecular formula is C12H12BrNO2. The second-order valence-corrected chi connectivity index (χ2v) is 4.13. The van der Waals surface area contributed by atoms with E-state index in [0.29, 0.717) is 6.54 Å². The fraction of sp³-hybridized carbons (Fsp3) is 0.167.